The Morgan fingerprint density at radius 3 is 2.43 bits per heavy atom. The highest BCUT2D eigenvalue weighted by Crippen LogP contribution is 2.44. The van der Waals surface area contributed by atoms with Gasteiger partial charge in [-0.25, -0.2) is 5.01 Å². The van der Waals surface area contributed by atoms with Crippen LogP contribution in [0.15, 0.2) is 54.6 Å². The van der Waals surface area contributed by atoms with Gasteiger partial charge >= 0.3 is 0 Å². The second kappa shape index (κ2) is 5.54. The maximum Gasteiger partial charge on any atom is 0.251 e. The predicted molar refractivity (Wildman–Crippen MR) is 86.3 cm³/mol. The second-order valence-electron chi connectivity index (χ2n) is 6.18. The third-order valence-corrected chi connectivity index (χ3v) is 4.81. The Hall–Kier alpha value is -2.62. The lowest BCUT2D eigenvalue weighted by Crippen LogP contribution is -2.43. The fourth-order valence-electron chi connectivity index (χ4n) is 3.79. The number of carbonyl (C=O) groups excluding carboxylic acids is 2. The van der Waals surface area contributed by atoms with Crippen LogP contribution in [-0.2, 0) is 16.0 Å². The van der Waals surface area contributed by atoms with Crippen molar-refractivity contribution in [2.75, 3.05) is 0 Å². The standard InChI is InChI=1S/C19H18N2O2/c22-17-12-18(23)21(20-17)19-15-9-5-4-8-14(15)10-11-16(19)13-6-2-1-3-7-13/h1-9,16,19H,10-12H2,(H,20,22)/t16-,19+/m1/s1. The molecule has 2 atom stereocenters. The van der Waals surface area contributed by atoms with Crippen LogP contribution in [0.2, 0.25) is 0 Å². The number of nitrogens with zero attached hydrogens (tertiary/aromatic N) is 1. The van der Waals surface area contributed by atoms with Crippen LogP contribution in [-0.4, -0.2) is 16.8 Å². The van der Waals surface area contributed by atoms with Gasteiger partial charge in [-0.05, 0) is 29.5 Å². The van der Waals surface area contributed by atoms with E-state index in [0.717, 1.165) is 18.4 Å². The first-order valence-electron chi connectivity index (χ1n) is 7.98. The number of hydrazine groups is 1. The van der Waals surface area contributed by atoms with E-state index in [2.05, 4.69) is 29.7 Å². The summed E-state index contributed by atoms with van der Waals surface area (Å²) in [6, 6.07) is 18.3. The number of hydrogen-bond donors (Lipinski definition) is 1. The maximum absolute atomic E-state index is 12.3. The lowest BCUT2D eigenvalue weighted by atomic mass is 9.76. The minimum Gasteiger partial charge on any atom is -0.273 e. The first-order chi connectivity index (χ1) is 11.2. The van der Waals surface area contributed by atoms with Crippen molar-refractivity contribution in [3.63, 3.8) is 0 Å². The summed E-state index contributed by atoms with van der Waals surface area (Å²) in [4.78, 5) is 24.0. The molecule has 2 aromatic rings. The summed E-state index contributed by atoms with van der Waals surface area (Å²) < 4.78 is 0. The van der Waals surface area contributed by atoms with E-state index in [1.165, 1.54) is 11.1 Å². The lowest BCUT2D eigenvalue weighted by Gasteiger charge is -2.39. The third-order valence-electron chi connectivity index (χ3n) is 4.81. The van der Waals surface area contributed by atoms with Gasteiger partial charge in [0.1, 0.15) is 6.42 Å². The smallest absolute Gasteiger partial charge is 0.251 e. The number of amides is 2. The summed E-state index contributed by atoms with van der Waals surface area (Å²) in [5.74, 6) is -0.170. The topological polar surface area (TPSA) is 49.4 Å². The molecule has 2 amide bonds. The van der Waals surface area contributed by atoms with Gasteiger partial charge in [0.15, 0.2) is 0 Å². The molecule has 0 unspecified atom stereocenters. The molecule has 0 aromatic heterocycles. The second-order valence-corrected chi connectivity index (χ2v) is 6.18. The Labute approximate surface area is 135 Å². The molecule has 0 spiro atoms. The Balaban J connectivity index is 1.81. The molecule has 1 aliphatic heterocycles. The van der Waals surface area contributed by atoms with Gasteiger partial charge in [0, 0.05) is 5.92 Å². The summed E-state index contributed by atoms with van der Waals surface area (Å²) >= 11 is 0. The van der Waals surface area contributed by atoms with E-state index in [-0.39, 0.29) is 30.2 Å². The number of nitrogens with one attached hydrogen (secondary N) is 1. The lowest BCUT2D eigenvalue weighted by molar-refractivity contribution is -0.133. The predicted octanol–water partition coefficient (Wildman–Crippen LogP) is 2.72. The Kier molecular flexibility index (Phi) is 3.37. The van der Waals surface area contributed by atoms with Crippen LogP contribution in [0, 0.1) is 0 Å². The van der Waals surface area contributed by atoms with E-state index in [1.54, 1.807) is 5.01 Å². The van der Waals surface area contributed by atoms with E-state index in [0.29, 0.717) is 0 Å². The number of benzene rings is 2. The van der Waals surface area contributed by atoms with Crippen LogP contribution in [0.5, 0.6) is 0 Å². The van der Waals surface area contributed by atoms with Gasteiger partial charge < -0.3 is 0 Å². The van der Waals surface area contributed by atoms with Crippen LogP contribution in [0.4, 0.5) is 0 Å². The Morgan fingerprint density at radius 1 is 0.957 bits per heavy atom. The molecule has 2 aliphatic rings. The summed E-state index contributed by atoms with van der Waals surface area (Å²) in [6.07, 6.45) is 1.90. The summed E-state index contributed by atoms with van der Waals surface area (Å²) in [5.41, 5.74) is 6.37. The summed E-state index contributed by atoms with van der Waals surface area (Å²) in [5, 5.41) is 1.55. The highest BCUT2D eigenvalue weighted by molar-refractivity contribution is 6.02. The minimum atomic E-state index is -0.218. The quantitative estimate of drug-likeness (QED) is 0.867. The van der Waals surface area contributed by atoms with Gasteiger partial charge in [-0.3, -0.25) is 15.0 Å². The van der Waals surface area contributed by atoms with Crippen molar-refractivity contribution in [3.05, 3.63) is 71.3 Å². The molecule has 23 heavy (non-hydrogen) atoms. The zero-order valence-corrected chi connectivity index (χ0v) is 12.7. The SMILES string of the molecule is O=C1CC(=O)N([C@H]2c3ccccc3CC[C@@H]2c2ccccc2)N1. The molecule has 116 valence electrons. The Bertz CT molecular complexity index is 757. The van der Waals surface area contributed by atoms with Gasteiger partial charge in [0.05, 0.1) is 6.04 Å². The number of carbonyl (C=O) groups is 2. The third kappa shape index (κ3) is 2.40. The van der Waals surface area contributed by atoms with Gasteiger partial charge in [0.2, 0.25) is 5.91 Å². The molecule has 1 saturated heterocycles. The van der Waals surface area contributed by atoms with Crippen molar-refractivity contribution in [3.8, 4) is 0 Å². The molecular formula is C19H18N2O2. The fourth-order valence-corrected chi connectivity index (χ4v) is 3.79. The Morgan fingerprint density at radius 2 is 1.70 bits per heavy atom. The molecule has 4 rings (SSSR count). The molecule has 0 saturated carbocycles. The highest BCUT2D eigenvalue weighted by atomic mass is 16.2. The van der Waals surface area contributed by atoms with Crippen molar-refractivity contribution in [2.24, 2.45) is 0 Å². The van der Waals surface area contributed by atoms with Gasteiger partial charge in [-0.1, -0.05) is 54.6 Å². The number of aryl methyl sites for hydroxylation is 1. The summed E-state index contributed by atoms with van der Waals surface area (Å²) in [6.45, 7) is 0. The van der Waals surface area contributed by atoms with Crippen molar-refractivity contribution >= 4 is 11.8 Å². The van der Waals surface area contributed by atoms with Crippen molar-refractivity contribution in [1.29, 1.82) is 0 Å². The van der Waals surface area contributed by atoms with Gasteiger partial charge in [-0.15, -0.1) is 0 Å². The van der Waals surface area contributed by atoms with E-state index in [4.69, 9.17) is 0 Å². The van der Waals surface area contributed by atoms with E-state index in [1.807, 2.05) is 30.3 Å². The first-order valence-corrected chi connectivity index (χ1v) is 7.98. The van der Waals surface area contributed by atoms with Crippen molar-refractivity contribution < 1.29 is 9.59 Å². The molecular weight excluding hydrogens is 288 g/mol. The molecule has 1 heterocycles. The first kappa shape index (κ1) is 14.0. The zero-order chi connectivity index (χ0) is 15.8. The summed E-state index contributed by atoms with van der Waals surface area (Å²) in [7, 11) is 0. The molecule has 4 heteroatoms. The van der Waals surface area contributed by atoms with Crippen LogP contribution < -0.4 is 5.43 Å². The highest BCUT2D eigenvalue weighted by Gasteiger charge is 2.41. The number of rotatable bonds is 2. The van der Waals surface area contributed by atoms with Gasteiger partial charge in [-0.2, -0.15) is 0 Å². The molecule has 0 bridgehead atoms. The van der Waals surface area contributed by atoms with Crippen LogP contribution in [0.3, 0.4) is 0 Å². The molecule has 0 radical (unpaired) electrons. The monoisotopic (exact) mass is 306 g/mol. The molecule has 1 N–H and O–H groups in total. The van der Waals surface area contributed by atoms with Crippen LogP contribution in [0.1, 0.15) is 41.5 Å². The molecule has 1 aliphatic carbocycles. The largest absolute Gasteiger partial charge is 0.273 e. The van der Waals surface area contributed by atoms with E-state index in [9.17, 15) is 9.59 Å². The van der Waals surface area contributed by atoms with Crippen LogP contribution >= 0.6 is 0 Å². The van der Waals surface area contributed by atoms with Gasteiger partial charge in [0.25, 0.3) is 5.91 Å². The van der Waals surface area contributed by atoms with E-state index >= 15 is 0 Å². The van der Waals surface area contributed by atoms with E-state index < -0.39 is 0 Å². The fraction of sp³-hybridized carbons (Fsp3) is 0.263. The molecule has 2 aromatic carbocycles. The van der Waals surface area contributed by atoms with Crippen molar-refractivity contribution in [1.82, 2.24) is 10.4 Å². The zero-order valence-electron chi connectivity index (χ0n) is 12.7. The normalized spacial score (nSPS) is 23.6. The average Bonchev–Trinajstić information content (AvgIpc) is 2.92. The molecule has 4 nitrogen and oxygen atoms in total. The maximum atomic E-state index is 12.3. The number of fused-ring (bicyclic) bond motifs is 1. The average molecular weight is 306 g/mol. The van der Waals surface area contributed by atoms with Crippen molar-refractivity contribution in [2.45, 2.75) is 31.2 Å². The molecule has 1 fully saturated rings. The van der Waals surface area contributed by atoms with Crippen LogP contribution in [0.25, 0.3) is 0 Å². The number of hydrogen-bond acceptors (Lipinski definition) is 2. The minimum absolute atomic E-state index is 0.0554.